The summed E-state index contributed by atoms with van der Waals surface area (Å²) < 4.78 is 0. The van der Waals surface area contributed by atoms with Gasteiger partial charge in [-0.15, -0.1) is 11.3 Å². The summed E-state index contributed by atoms with van der Waals surface area (Å²) in [6, 6.07) is 7.76. The molecule has 2 amide bonds. The summed E-state index contributed by atoms with van der Waals surface area (Å²) in [7, 11) is 0. The van der Waals surface area contributed by atoms with Gasteiger partial charge in [0.25, 0.3) is 0 Å². The Morgan fingerprint density at radius 2 is 2.03 bits per heavy atom. The number of aromatic nitrogens is 1. The number of hydrogen-bond acceptors (Lipinski definition) is 6. The van der Waals surface area contributed by atoms with Crippen LogP contribution in [0, 0.1) is 12.3 Å². The van der Waals surface area contributed by atoms with Crippen LogP contribution in [0.15, 0.2) is 29.8 Å². The maximum atomic E-state index is 12.0. The second-order valence-electron chi connectivity index (χ2n) is 9.04. The highest BCUT2D eigenvalue weighted by Gasteiger charge is 2.37. The lowest BCUT2D eigenvalue weighted by atomic mass is 9.86. The zero-order valence-corrected chi connectivity index (χ0v) is 19.8. The summed E-state index contributed by atoms with van der Waals surface area (Å²) in [6.45, 7) is 10.8. The molecule has 1 saturated heterocycles. The highest BCUT2D eigenvalue weighted by atomic mass is 32.1. The smallest absolute Gasteiger partial charge is 0.240 e. The van der Waals surface area contributed by atoms with Crippen LogP contribution in [0.5, 0.6) is 0 Å². The van der Waals surface area contributed by atoms with Crippen LogP contribution in [-0.4, -0.2) is 52.0 Å². The summed E-state index contributed by atoms with van der Waals surface area (Å²) in [5.74, 6) is -0.0495. The zero-order valence-electron chi connectivity index (χ0n) is 19.0. The van der Waals surface area contributed by atoms with Gasteiger partial charge in [0, 0.05) is 19.1 Å². The molecular formula is C23H34N4O3S. The van der Waals surface area contributed by atoms with Crippen LogP contribution in [0.3, 0.4) is 0 Å². The minimum atomic E-state index is -0.495. The van der Waals surface area contributed by atoms with Crippen molar-refractivity contribution in [3.63, 3.8) is 0 Å². The molecule has 1 aliphatic heterocycles. The fourth-order valence-corrected chi connectivity index (χ4v) is 4.18. The standard InChI is InChI=1S/C12H12N2OS.C11H22N2O2/c1-9-12(16-8-14-9)11-4-2-10(3-5-11)6-13-7-15;1-7-5-8(14)6-13(7)10(15)9(12)11(2,3)4/h2-5,7-8H,6H2,1H3,(H,13,15);7-9,14H,5-6,12H2,1-4H3. The van der Waals surface area contributed by atoms with E-state index >= 15 is 0 Å². The van der Waals surface area contributed by atoms with Gasteiger partial charge in [-0.3, -0.25) is 9.59 Å². The predicted molar refractivity (Wildman–Crippen MR) is 124 cm³/mol. The Bertz CT molecular complexity index is 860. The van der Waals surface area contributed by atoms with E-state index in [0.717, 1.165) is 11.3 Å². The first-order chi connectivity index (χ1) is 14.5. The number of likely N-dealkylation sites (tertiary alicyclic amines) is 1. The Balaban J connectivity index is 0.000000221. The molecule has 1 aromatic heterocycles. The lowest BCUT2D eigenvalue weighted by Crippen LogP contribution is -2.51. The molecule has 4 N–H and O–H groups in total. The average molecular weight is 447 g/mol. The summed E-state index contributed by atoms with van der Waals surface area (Å²) in [5, 5.41) is 12.1. The number of aryl methyl sites for hydroxylation is 1. The molecule has 7 nitrogen and oxygen atoms in total. The van der Waals surface area contributed by atoms with Crippen LogP contribution in [0.2, 0.25) is 0 Å². The molecule has 3 rings (SSSR count). The first kappa shape index (κ1) is 25.0. The van der Waals surface area contributed by atoms with Crippen LogP contribution in [0.25, 0.3) is 10.4 Å². The number of aliphatic hydroxyl groups excluding tert-OH is 1. The number of rotatable bonds is 5. The third-order valence-electron chi connectivity index (χ3n) is 5.39. The quantitative estimate of drug-likeness (QED) is 0.612. The molecule has 0 spiro atoms. The first-order valence-corrected chi connectivity index (χ1v) is 11.3. The molecule has 2 heterocycles. The number of thiazole rings is 1. The normalized spacial score (nSPS) is 19.4. The Morgan fingerprint density at radius 3 is 2.48 bits per heavy atom. The molecule has 0 aliphatic carbocycles. The van der Waals surface area contributed by atoms with Crippen molar-refractivity contribution in [2.24, 2.45) is 11.1 Å². The number of amides is 2. The van der Waals surface area contributed by atoms with Crippen LogP contribution in [0.1, 0.15) is 45.4 Å². The van der Waals surface area contributed by atoms with Crippen molar-refractivity contribution in [2.75, 3.05) is 6.54 Å². The molecule has 1 aromatic carbocycles. The van der Waals surface area contributed by atoms with E-state index in [4.69, 9.17) is 5.73 Å². The number of carbonyl (C=O) groups is 2. The zero-order chi connectivity index (χ0) is 23.2. The SMILES string of the molecule is CC1CC(O)CN1C(=O)C(N)C(C)(C)C.Cc1ncsc1-c1ccc(CNC=O)cc1. The molecule has 0 bridgehead atoms. The Labute approximate surface area is 188 Å². The lowest BCUT2D eigenvalue weighted by Gasteiger charge is -2.31. The van der Waals surface area contributed by atoms with E-state index in [-0.39, 0.29) is 17.4 Å². The van der Waals surface area contributed by atoms with Gasteiger partial charge in [-0.1, -0.05) is 45.0 Å². The summed E-state index contributed by atoms with van der Waals surface area (Å²) >= 11 is 1.64. The van der Waals surface area contributed by atoms with Crippen LogP contribution < -0.4 is 11.1 Å². The Morgan fingerprint density at radius 1 is 1.39 bits per heavy atom. The molecule has 31 heavy (non-hydrogen) atoms. The van der Waals surface area contributed by atoms with Crippen molar-refractivity contribution in [1.29, 1.82) is 0 Å². The van der Waals surface area contributed by atoms with E-state index < -0.39 is 12.1 Å². The molecule has 0 radical (unpaired) electrons. The maximum absolute atomic E-state index is 12.0. The van der Waals surface area contributed by atoms with Gasteiger partial charge in [-0.05, 0) is 36.8 Å². The molecule has 3 unspecified atom stereocenters. The van der Waals surface area contributed by atoms with E-state index in [1.807, 2.05) is 52.3 Å². The van der Waals surface area contributed by atoms with Gasteiger partial charge in [0.05, 0.1) is 28.2 Å². The molecule has 1 aliphatic rings. The molecular weight excluding hydrogens is 412 g/mol. The number of aliphatic hydroxyl groups is 1. The van der Waals surface area contributed by atoms with Gasteiger partial charge < -0.3 is 21.1 Å². The van der Waals surface area contributed by atoms with E-state index in [9.17, 15) is 14.7 Å². The van der Waals surface area contributed by atoms with Crippen LogP contribution in [-0.2, 0) is 16.1 Å². The second-order valence-corrected chi connectivity index (χ2v) is 9.89. The highest BCUT2D eigenvalue weighted by molar-refractivity contribution is 7.13. The van der Waals surface area contributed by atoms with Crippen LogP contribution >= 0.6 is 11.3 Å². The predicted octanol–water partition coefficient (Wildman–Crippen LogP) is 2.71. The molecule has 170 valence electrons. The topological polar surface area (TPSA) is 109 Å². The van der Waals surface area contributed by atoms with Gasteiger partial charge in [-0.2, -0.15) is 0 Å². The molecule has 2 aromatic rings. The van der Waals surface area contributed by atoms with Crippen molar-refractivity contribution in [2.45, 2.75) is 65.8 Å². The molecule has 1 fully saturated rings. The summed E-state index contributed by atoms with van der Waals surface area (Å²) in [5.41, 5.74) is 10.9. The number of nitrogens with zero attached hydrogens (tertiary/aromatic N) is 2. The largest absolute Gasteiger partial charge is 0.391 e. The molecule has 3 atom stereocenters. The molecule has 0 saturated carbocycles. The van der Waals surface area contributed by atoms with Gasteiger partial charge >= 0.3 is 0 Å². The van der Waals surface area contributed by atoms with Crippen molar-refractivity contribution in [1.82, 2.24) is 15.2 Å². The average Bonchev–Trinajstić information content (AvgIpc) is 3.29. The van der Waals surface area contributed by atoms with Gasteiger partial charge in [0.1, 0.15) is 0 Å². The minimum Gasteiger partial charge on any atom is -0.391 e. The number of β-amino-alcohol motifs (C(OH)–C–C–N with tert-alkyl or cyclic N) is 1. The Hall–Kier alpha value is -2.29. The number of nitrogens with two attached hydrogens (primary N) is 1. The van der Waals surface area contributed by atoms with Crippen molar-refractivity contribution in [3.8, 4) is 10.4 Å². The van der Waals surface area contributed by atoms with Crippen molar-refractivity contribution < 1.29 is 14.7 Å². The number of hydrogen-bond donors (Lipinski definition) is 3. The van der Waals surface area contributed by atoms with E-state index in [1.165, 1.54) is 10.4 Å². The maximum Gasteiger partial charge on any atom is 0.240 e. The third-order valence-corrected chi connectivity index (χ3v) is 6.36. The van der Waals surface area contributed by atoms with Crippen molar-refractivity contribution >= 4 is 23.7 Å². The van der Waals surface area contributed by atoms with Crippen molar-refractivity contribution in [3.05, 3.63) is 41.0 Å². The van der Waals surface area contributed by atoms with Crippen LogP contribution in [0.4, 0.5) is 0 Å². The monoisotopic (exact) mass is 446 g/mol. The van der Waals surface area contributed by atoms with E-state index in [1.54, 1.807) is 16.2 Å². The molecule has 8 heteroatoms. The number of benzene rings is 1. The fourth-order valence-electron chi connectivity index (χ4n) is 3.37. The third kappa shape index (κ3) is 6.85. The van der Waals surface area contributed by atoms with Gasteiger partial charge in [-0.25, -0.2) is 4.98 Å². The van der Waals surface area contributed by atoms with Gasteiger partial charge in [0.15, 0.2) is 0 Å². The lowest BCUT2D eigenvalue weighted by molar-refractivity contribution is -0.135. The second kappa shape index (κ2) is 10.8. The minimum absolute atomic E-state index is 0.0495. The summed E-state index contributed by atoms with van der Waals surface area (Å²) in [4.78, 5) is 29.3. The summed E-state index contributed by atoms with van der Waals surface area (Å²) in [6.07, 6.45) is 0.972. The Kier molecular flexibility index (Phi) is 8.73. The number of carbonyl (C=O) groups excluding carboxylic acids is 2. The first-order valence-electron chi connectivity index (χ1n) is 10.4. The fraction of sp³-hybridized carbons (Fsp3) is 0.522. The highest BCUT2D eigenvalue weighted by Crippen LogP contribution is 2.27. The van der Waals surface area contributed by atoms with Gasteiger partial charge in [0.2, 0.25) is 12.3 Å². The number of nitrogens with one attached hydrogen (secondary N) is 1. The van der Waals surface area contributed by atoms with E-state index in [0.29, 0.717) is 25.9 Å². The van der Waals surface area contributed by atoms with E-state index in [2.05, 4.69) is 22.4 Å².